The minimum atomic E-state index is -3.07. The fraction of sp³-hybridized carbons (Fsp3) is 0. The van der Waals surface area contributed by atoms with Crippen molar-refractivity contribution in [3.63, 3.8) is 0 Å². The smallest absolute Gasteiger partial charge is 0.252 e. The predicted octanol–water partition coefficient (Wildman–Crippen LogP) is 15.4. The molecule has 0 amide bonds. The second-order valence-electron chi connectivity index (χ2n) is 25.5. The Hall–Kier alpha value is -12.0. The number of ether oxygens (including phenoxy) is 1. The molecule has 3 aliphatic rings. The van der Waals surface area contributed by atoms with E-state index >= 15 is 0 Å². The Morgan fingerprint density at radius 3 is 0.969 bits per heavy atom. The third-order valence-corrected chi connectivity index (χ3v) is 29.8. The van der Waals surface area contributed by atoms with Gasteiger partial charge in [0.25, 0.3) is 6.71 Å². The standard InChI is InChI=1S/C90H64BN3OSi2/c1-9-31-65(32-10-1)67-56-58-82-81(59-67)91-80-57-55-68(66-33-11-2-12-34-66)60-85(80)93(70-36-30-50-79(62-70)97(75-43-19-6-20-44-75,76-45-21-7-22-46-76)77-47-23-8-24-48-77)87-64-71(94-83-51-25-27-53-88(83)95-89-54-28-26-52-84(89)94)63-86(90(87)91)92(82)69-35-29-49-78(61-69)96(72-37-13-3-14-38-72,73-39-15-4-16-40-73)74-41-17-5-18-42-74/h1-64H. The average molecular weight is 1270 g/mol. The van der Waals surface area contributed by atoms with Gasteiger partial charge in [-0.2, -0.15) is 0 Å². The Morgan fingerprint density at radius 1 is 0.206 bits per heavy atom. The number of hydrogen-bond donors (Lipinski definition) is 0. The molecule has 4 nitrogen and oxygen atoms in total. The van der Waals surface area contributed by atoms with Crippen LogP contribution in [0.25, 0.3) is 22.3 Å². The van der Waals surface area contributed by atoms with E-state index in [9.17, 15) is 0 Å². The molecule has 0 bridgehead atoms. The van der Waals surface area contributed by atoms with E-state index in [1.165, 1.54) is 69.0 Å². The fourth-order valence-corrected chi connectivity index (χ4v) is 25.7. The van der Waals surface area contributed by atoms with E-state index in [0.29, 0.717) is 0 Å². The fourth-order valence-electron chi connectivity index (χ4n) is 16.2. The molecule has 0 aliphatic carbocycles. The van der Waals surface area contributed by atoms with Crippen molar-refractivity contribution in [3.8, 4) is 33.8 Å². The van der Waals surface area contributed by atoms with Crippen LogP contribution in [0.15, 0.2) is 388 Å². The van der Waals surface area contributed by atoms with Gasteiger partial charge in [0.2, 0.25) is 0 Å². The lowest BCUT2D eigenvalue weighted by atomic mass is 9.33. The first-order valence-corrected chi connectivity index (χ1v) is 37.5. The van der Waals surface area contributed by atoms with E-state index in [2.05, 4.69) is 403 Å². The number of fused-ring (bicyclic) bond motifs is 6. The predicted molar refractivity (Wildman–Crippen MR) is 413 cm³/mol. The molecule has 0 fully saturated rings. The van der Waals surface area contributed by atoms with Crippen LogP contribution in [0, 0.1) is 0 Å². The molecule has 18 rings (SSSR count). The molecule has 0 unspecified atom stereocenters. The van der Waals surface area contributed by atoms with Crippen LogP contribution < -0.4 is 77.3 Å². The zero-order chi connectivity index (χ0) is 64.3. The summed E-state index contributed by atoms with van der Waals surface area (Å²) in [6.45, 7) is -0.210. The molecule has 0 radical (unpaired) electrons. The van der Waals surface area contributed by atoms with Gasteiger partial charge in [0.15, 0.2) is 27.6 Å². The molecule has 3 heterocycles. The van der Waals surface area contributed by atoms with Gasteiger partial charge in [-0.25, -0.2) is 0 Å². The van der Waals surface area contributed by atoms with Gasteiger partial charge in [0.05, 0.1) is 17.1 Å². The normalized spacial score (nSPS) is 12.7. The molecule has 0 N–H and O–H groups in total. The highest BCUT2D eigenvalue weighted by molar-refractivity contribution is 7.20. The Balaban J connectivity index is 0.970. The molecule has 15 aromatic carbocycles. The van der Waals surface area contributed by atoms with Crippen molar-refractivity contribution >= 4 is 132 Å². The summed E-state index contributed by atoms with van der Waals surface area (Å²) in [5.74, 6) is 1.59. The van der Waals surface area contributed by atoms with Gasteiger partial charge >= 0.3 is 0 Å². The lowest BCUT2D eigenvalue weighted by Gasteiger charge is -2.46. The monoisotopic (exact) mass is 1270 g/mol. The van der Waals surface area contributed by atoms with Crippen molar-refractivity contribution in [2.75, 3.05) is 14.7 Å². The lowest BCUT2D eigenvalue weighted by Crippen LogP contribution is -2.74. The van der Waals surface area contributed by atoms with Crippen LogP contribution in [0.3, 0.4) is 0 Å². The van der Waals surface area contributed by atoms with E-state index in [-0.39, 0.29) is 6.71 Å². The molecule has 456 valence electrons. The molecular weight excluding hydrogens is 1210 g/mol. The maximum atomic E-state index is 6.86. The van der Waals surface area contributed by atoms with Crippen molar-refractivity contribution in [1.82, 2.24) is 0 Å². The molecule has 97 heavy (non-hydrogen) atoms. The molecule has 3 aliphatic heterocycles. The SMILES string of the molecule is c1ccc(-c2ccc3c(c2)B2c4ccc(-c5ccccc5)cc4N(c4cccc([Si](c5ccccc5)(c5ccccc5)c5ccccc5)c4)c4cc(N5c6ccccc6Oc6ccccc65)cc(c42)N3c2cccc([Si](c3ccccc3)(c3ccccc3)c3ccccc3)c2)cc1. The van der Waals surface area contributed by atoms with Crippen LogP contribution in [-0.2, 0) is 0 Å². The summed E-state index contributed by atoms with van der Waals surface area (Å²) < 4.78 is 6.86. The Bertz CT molecular complexity index is 5160. The molecule has 0 saturated carbocycles. The van der Waals surface area contributed by atoms with E-state index in [1.807, 2.05) is 0 Å². The van der Waals surface area contributed by atoms with Crippen LogP contribution in [0.2, 0.25) is 0 Å². The number of anilines is 9. The third kappa shape index (κ3) is 9.49. The first-order chi connectivity index (χ1) is 48.1. The molecular formula is C90H64BN3OSi2. The van der Waals surface area contributed by atoms with Gasteiger partial charge in [-0.15, -0.1) is 0 Å². The van der Waals surface area contributed by atoms with E-state index in [1.54, 1.807) is 0 Å². The van der Waals surface area contributed by atoms with E-state index in [0.717, 1.165) is 73.8 Å². The van der Waals surface area contributed by atoms with Gasteiger partial charge in [0.1, 0.15) is 0 Å². The molecule has 0 saturated heterocycles. The minimum Gasteiger partial charge on any atom is -0.453 e. The first-order valence-electron chi connectivity index (χ1n) is 33.5. The average Bonchev–Trinajstić information content (AvgIpc) is 0.583. The summed E-state index contributed by atoms with van der Waals surface area (Å²) in [7, 11) is -6.12. The summed E-state index contributed by atoms with van der Waals surface area (Å²) in [4.78, 5) is 7.67. The number of benzene rings is 15. The largest absolute Gasteiger partial charge is 0.453 e. The number of rotatable bonds is 13. The minimum absolute atomic E-state index is 0.210. The van der Waals surface area contributed by atoms with Gasteiger partial charge in [-0.1, -0.05) is 315 Å². The summed E-state index contributed by atoms with van der Waals surface area (Å²) in [6.07, 6.45) is 0. The highest BCUT2D eigenvalue weighted by atomic mass is 28.3. The van der Waals surface area contributed by atoms with Gasteiger partial charge < -0.3 is 19.4 Å². The van der Waals surface area contributed by atoms with Crippen molar-refractivity contribution in [3.05, 3.63) is 388 Å². The summed E-state index contributed by atoms with van der Waals surface area (Å²) in [5, 5.41) is 10.5. The number of hydrogen-bond acceptors (Lipinski definition) is 4. The Morgan fingerprint density at radius 2 is 0.546 bits per heavy atom. The van der Waals surface area contributed by atoms with E-state index in [4.69, 9.17) is 4.74 Å². The zero-order valence-corrected chi connectivity index (χ0v) is 55.3. The van der Waals surface area contributed by atoms with Crippen molar-refractivity contribution in [2.24, 2.45) is 0 Å². The number of para-hydroxylation sites is 4. The maximum Gasteiger partial charge on any atom is 0.252 e. The quantitative estimate of drug-likeness (QED) is 0.0846. The van der Waals surface area contributed by atoms with Gasteiger partial charge in [0, 0.05) is 34.1 Å². The molecule has 15 aromatic rings. The molecule has 0 aromatic heterocycles. The molecule has 7 heteroatoms. The van der Waals surface area contributed by atoms with Crippen LogP contribution in [0.4, 0.5) is 51.2 Å². The lowest BCUT2D eigenvalue weighted by molar-refractivity contribution is 0.477. The first kappa shape index (κ1) is 57.6. The van der Waals surface area contributed by atoms with Crippen LogP contribution >= 0.6 is 0 Å². The Kier molecular flexibility index (Phi) is 14.3. The van der Waals surface area contributed by atoms with Crippen molar-refractivity contribution in [2.45, 2.75) is 0 Å². The van der Waals surface area contributed by atoms with Crippen molar-refractivity contribution in [1.29, 1.82) is 0 Å². The second-order valence-corrected chi connectivity index (χ2v) is 33.1. The number of nitrogens with zero attached hydrogens (tertiary/aromatic N) is 3. The van der Waals surface area contributed by atoms with Crippen molar-refractivity contribution < 1.29 is 4.74 Å². The van der Waals surface area contributed by atoms with Crippen LogP contribution in [0.1, 0.15) is 0 Å². The zero-order valence-electron chi connectivity index (χ0n) is 53.3. The third-order valence-electron chi connectivity index (χ3n) is 20.3. The van der Waals surface area contributed by atoms with Gasteiger partial charge in [-0.3, -0.25) is 0 Å². The highest BCUT2D eigenvalue weighted by Crippen LogP contribution is 2.54. The Labute approximate surface area is 569 Å². The molecule has 0 atom stereocenters. The summed E-state index contributed by atoms with van der Waals surface area (Å²) >= 11 is 0. The summed E-state index contributed by atoms with van der Waals surface area (Å²) in [6, 6.07) is 145. The van der Waals surface area contributed by atoms with E-state index < -0.39 is 16.1 Å². The van der Waals surface area contributed by atoms with Crippen LogP contribution in [-0.4, -0.2) is 22.9 Å². The molecule has 0 spiro atoms. The second kappa shape index (κ2) is 24.1. The van der Waals surface area contributed by atoms with Gasteiger partial charge in [-0.05, 0) is 153 Å². The topological polar surface area (TPSA) is 19.0 Å². The maximum absolute atomic E-state index is 6.86. The highest BCUT2D eigenvalue weighted by Gasteiger charge is 2.48. The van der Waals surface area contributed by atoms with Crippen LogP contribution in [0.5, 0.6) is 11.5 Å². The summed E-state index contributed by atoms with van der Waals surface area (Å²) in [5.41, 5.74) is 17.9.